The summed E-state index contributed by atoms with van der Waals surface area (Å²) in [5.41, 5.74) is 1.80. The highest BCUT2D eigenvalue weighted by molar-refractivity contribution is 6.31. The summed E-state index contributed by atoms with van der Waals surface area (Å²) >= 11 is 0. The SMILES string of the molecule is CCCn1cc(/C=C2\C(=O)NC(=O)N(C)C2=O)c2ccccc21. The number of nitrogens with zero attached hydrogens (tertiary/aromatic N) is 2. The van der Waals surface area contributed by atoms with Crippen molar-refractivity contribution in [2.75, 3.05) is 7.05 Å². The number of likely N-dealkylation sites (N-methyl/N-ethyl adjacent to an activating group) is 1. The number of carbonyl (C=O) groups is 3. The van der Waals surface area contributed by atoms with Crippen LogP contribution in [-0.2, 0) is 16.1 Å². The van der Waals surface area contributed by atoms with Gasteiger partial charge in [0, 0.05) is 36.3 Å². The van der Waals surface area contributed by atoms with Gasteiger partial charge in [-0.15, -0.1) is 0 Å². The van der Waals surface area contributed by atoms with Crippen molar-refractivity contribution in [1.82, 2.24) is 14.8 Å². The molecule has 1 N–H and O–H groups in total. The maximum atomic E-state index is 12.2. The Hall–Kier alpha value is -2.89. The van der Waals surface area contributed by atoms with Gasteiger partial charge < -0.3 is 4.57 Å². The van der Waals surface area contributed by atoms with E-state index in [-0.39, 0.29) is 5.57 Å². The predicted octanol–water partition coefficient (Wildman–Crippen LogP) is 2.14. The van der Waals surface area contributed by atoms with Crippen LogP contribution in [0.1, 0.15) is 18.9 Å². The predicted molar refractivity (Wildman–Crippen MR) is 86.5 cm³/mol. The van der Waals surface area contributed by atoms with Crippen LogP contribution in [0, 0.1) is 0 Å². The molecule has 1 aliphatic rings. The van der Waals surface area contributed by atoms with Crippen LogP contribution in [0.3, 0.4) is 0 Å². The molecule has 1 aromatic heterocycles. The average Bonchev–Trinajstić information content (AvgIpc) is 2.88. The molecule has 118 valence electrons. The number of imide groups is 2. The molecule has 0 aliphatic carbocycles. The molecule has 23 heavy (non-hydrogen) atoms. The van der Waals surface area contributed by atoms with Crippen molar-refractivity contribution in [1.29, 1.82) is 0 Å². The van der Waals surface area contributed by atoms with Gasteiger partial charge in [-0.3, -0.25) is 19.8 Å². The Bertz CT molecular complexity index is 848. The first-order chi connectivity index (χ1) is 11.0. The first kappa shape index (κ1) is 15.0. The Morgan fingerprint density at radius 2 is 1.91 bits per heavy atom. The van der Waals surface area contributed by atoms with E-state index < -0.39 is 17.8 Å². The van der Waals surface area contributed by atoms with E-state index in [1.165, 1.54) is 7.05 Å². The number of hydrogen-bond acceptors (Lipinski definition) is 3. The lowest BCUT2D eigenvalue weighted by Crippen LogP contribution is -2.52. The summed E-state index contributed by atoms with van der Waals surface area (Å²) in [6.45, 7) is 2.94. The quantitative estimate of drug-likeness (QED) is 0.697. The fourth-order valence-electron chi connectivity index (χ4n) is 2.72. The molecule has 0 unspecified atom stereocenters. The fraction of sp³-hybridized carbons (Fsp3) is 0.235. The molecular formula is C17H17N3O3. The van der Waals surface area contributed by atoms with Gasteiger partial charge in [0.15, 0.2) is 0 Å². The summed E-state index contributed by atoms with van der Waals surface area (Å²) in [5.74, 6) is -1.25. The number of aryl methyl sites for hydroxylation is 1. The van der Waals surface area contributed by atoms with Gasteiger partial charge in [0.05, 0.1) is 0 Å². The van der Waals surface area contributed by atoms with Crippen molar-refractivity contribution in [3.8, 4) is 0 Å². The zero-order chi connectivity index (χ0) is 16.6. The van der Waals surface area contributed by atoms with Crippen molar-refractivity contribution in [2.24, 2.45) is 0 Å². The van der Waals surface area contributed by atoms with Crippen LogP contribution in [0.2, 0.25) is 0 Å². The van der Waals surface area contributed by atoms with Gasteiger partial charge in [-0.25, -0.2) is 4.79 Å². The van der Waals surface area contributed by atoms with E-state index >= 15 is 0 Å². The summed E-state index contributed by atoms with van der Waals surface area (Å²) in [5, 5.41) is 3.13. The van der Waals surface area contributed by atoms with Crippen molar-refractivity contribution < 1.29 is 14.4 Å². The molecule has 4 amide bonds. The minimum atomic E-state index is -0.703. The molecule has 3 rings (SSSR count). The number of benzene rings is 1. The molecule has 6 nitrogen and oxygen atoms in total. The molecule has 2 heterocycles. The summed E-state index contributed by atoms with van der Waals surface area (Å²) in [7, 11) is 1.35. The van der Waals surface area contributed by atoms with E-state index in [4.69, 9.17) is 0 Å². The number of fused-ring (bicyclic) bond motifs is 1. The van der Waals surface area contributed by atoms with E-state index in [9.17, 15) is 14.4 Å². The van der Waals surface area contributed by atoms with Gasteiger partial charge in [-0.1, -0.05) is 25.1 Å². The smallest absolute Gasteiger partial charge is 0.331 e. The number of amides is 4. The van der Waals surface area contributed by atoms with Crippen molar-refractivity contribution in [3.05, 3.63) is 41.6 Å². The molecule has 0 atom stereocenters. The van der Waals surface area contributed by atoms with Crippen LogP contribution in [0.4, 0.5) is 4.79 Å². The molecule has 6 heteroatoms. The average molecular weight is 311 g/mol. The Morgan fingerprint density at radius 3 is 2.65 bits per heavy atom. The molecule has 0 bridgehead atoms. The van der Waals surface area contributed by atoms with Gasteiger partial charge >= 0.3 is 6.03 Å². The lowest BCUT2D eigenvalue weighted by Gasteiger charge is -2.22. The monoisotopic (exact) mass is 311 g/mol. The Morgan fingerprint density at radius 1 is 1.17 bits per heavy atom. The van der Waals surface area contributed by atoms with Gasteiger partial charge in [0.1, 0.15) is 5.57 Å². The minimum Gasteiger partial charge on any atom is -0.347 e. The number of para-hydroxylation sites is 1. The number of urea groups is 1. The van der Waals surface area contributed by atoms with Gasteiger partial charge in [-0.05, 0) is 18.6 Å². The third-order valence-electron chi connectivity index (χ3n) is 3.89. The number of barbiturate groups is 1. The second-order valence-corrected chi connectivity index (χ2v) is 5.48. The summed E-state index contributed by atoms with van der Waals surface area (Å²) < 4.78 is 2.10. The first-order valence-electron chi connectivity index (χ1n) is 7.46. The van der Waals surface area contributed by atoms with E-state index in [1.807, 2.05) is 30.5 Å². The van der Waals surface area contributed by atoms with E-state index in [0.29, 0.717) is 0 Å². The van der Waals surface area contributed by atoms with E-state index in [0.717, 1.165) is 34.3 Å². The summed E-state index contributed by atoms with van der Waals surface area (Å²) in [4.78, 5) is 36.5. The van der Waals surface area contributed by atoms with Crippen LogP contribution >= 0.6 is 0 Å². The van der Waals surface area contributed by atoms with Crippen molar-refractivity contribution in [3.63, 3.8) is 0 Å². The lowest BCUT2D eigenvalue weighted by molar-refractivity contribution is -0.129. The van der Waals surface area contributed by atoms with Crippen molar-refractivity contribution >= 4 is 34.8 Å². The maximum Gasteiger partial charge on any atom is 0.331 e. The van der Waals surface area contributed by atoms with E-state index in [1.54, 1.807) is 6.08 Å². The molecule has 1 fully saturated rings. The summed E-state index contributed by atoms with van der Waals surface area (Å²) in [6.07, 6.45) is 4.46. The summed E-state index contributed by atoms with van der Waals surface area (Å²) in [6, 6.07) is 7.12. The van der Waals surface area contributed by atoms with Gasteiger partial charge in [-0.2, -0.15) is 0 Å². The number of carbonyl (C=O) groups excluding carboxylic acids is 3. The van der Waals surface area contributed by atoms with Crippen molar-refractivity contribution in [2.45, 2.75) is 19.9 Å². The van der Waals surface area contributed by atoms with Gasteiger partial charge in [0.2, 0.25) is 0 Å². The van der Waals surface area contributed by atoms with Gasteiger partial charge in [0.25, 0.3) is 11.8 Å². The second-order valence-electron chi connectivity index (χ2n) is 5.48. The standard InChI is InChI=1S/C17H17N3O3/c1-3-8-20-10-11(12-6-4-5-7-14(12)20)9-13-15(21)18-17(23)19(2)16(13)22/h4-7,9-10H,3,8H2,1-2H3,(H,18,21,23)/b13-9+. The highest BCUT2D eigenvalue weighted by Crippen LogP contribution is 2.25. The van der Waals surface area contributed by atoms with Crippen LogP contribution < -0.4 is 5.32 Å². The largest absolute Gasteiger partial charge is 0.347 e. The third kappa shape index (κ3) is 2.52. The highest BCUT2D eigenvalue weighted by Gasteiger charge is 2.33. The normalized spacial score (nSPS) is 17.2. The van der Waals surface area contributed by atoms with Crippen LogP contribution in [0.5, 0.6) is 0 Å². The first-order valence-corrected chi connectivity index (χ1v) is 7.46. The Labute approximate surface area is 133 Å². The molecule has 0 spiro atoms. The van der Waals surface area contributed by atoms with Crippen LogP contribution in [-0.4, -0.2) is 34.4 Å². The molecule has 0 saturated carbocycles. The highest BCUT2D eigenvalue weighted by atomic mass is 16.2. The lowest BCUT2D eigenvalue weighted by atomic mass is 10.1. The fourth-order valence-corrected chi connectivity index (χ4v) is 2.72. The zero-order valence-corrected chi connectivity index (χ0v) is 13.0. The van der Waals surface area contributed by atoms with Crippen LogP contribution in [0.25, 0.3) is 17.0 Å². The van der Waals surface area contributed by atoms with Crippen LogP contribution in [0.15, 0.2) is 36.0 Å². The molecule has 2 aromatic rings. The topological polar surface area (TPSA) is 71.4 Å². The molecule has 1 aliphatic heterocycles. The molecule has 1 aromatic carbocycles. The number of aromatic nitrogens is 1. The second kappa shape index (κ2) is 5.72. The Balaban J connectivity index is 2.12. The molecule has 1 saturated heterocycles. The number of hydrogen-bond donors (Lipinski definition) is 1. The zero-order valence-electron chi connectivity index (χ0n) is 13.0. The minimum absolute atomic E-state index is 0.0356. The van der Waals surface area contributed by atoms with E-state index in [2.05, 4.69) is 16.8 Å². The Kier molecular flexibility index (Phi) is 3.73. The maximum absolute atomic E-state index is 12.2. The number of rotatable bonds is 3. The molecular weight excluding hydrogens is 294 g/mol. The number of nitrogens with one attached hydrogen (secondary N) is 1. The third-order valence-corrected chi connectivity index (χ3v) is 3.89. The molecule has 0 radical (unpaired) electrons.